The molecular weight excluding hydrogens is 350 g/mol. The molecule has 3 N–H and O–H groups in total. The van der Waals surface area contributed by atoms with E-state index in [0.29, 0.717) is 28.0 Å². The fraction of sp³-hybridized carbons (Fsp3) is 0.0625. The van der Waals surface area contributed by atoms with Gasteiger partial charge in [0.05, 0.1) is 23.1 Å². The van der Waals surface area contributed by atoms with Crippen molar-refractivity contribution in [3.05, 3.63) is 59.4 Å². The lowest BCUT2D eigenvalue weighted by atomic mass is 10.2. The van der Waals surface area contributed by atoms with Crippen molar-refractivity contribution in [1.29, 1.82) is 0 Å². The molecule has 9 heteroatoms. The number of aryl methyl sites for hydroxylation is 1. The number of pyridine rings is 1. The number of rotatable bonds is 4. The van der Waals surface area contributed by atoms with Gasteiger partial charge in [-0.15, -0.1) is 0 Å². The van der Waals surface area contributed by atoms with Crippen molar-refractivity contribution in [2.24, 2.45) is 0 Å². The molecule has 25 heavy (non-hydrogen) atoms. The summed E-state index contributed by atoms with van der Waals surface area (Å²) in [6, 6.07) is 5.94. The molecule has 0 aliphatic carbocycles. The standard InChI is InChI=1S/C16H12F2N4O2S/c1-8-14(15(19)25-22-8)16(23)21-10-3-5-13(20-7-10)24-12-4-2-9(17)6-11(12)18/h2-7H,19H2,1H3,(H,21,23). The van der Waals surface area contributed by atoms with Gasteiger partial charge in [-0.2, -0.15) is 4.37 Å². The van der Waals surface area contributed by atoms with Crippen LogP contribution in [-0.4, -0.2) is 15.3 Å². The number of benzene rings is 1. The highest BCUT2D eigenvalue weighted by Crippen LogP contribution is 2.25. The third kappa shape index (κ3) is 3.72. The minimum Gasteiger partial charge on any atom is -0.436 e. The van der Waals surface area contributed by atoms with Crippen LogP contribution in [0.5, 0.6) is 11.6 Å². The first-order chi connectivity index (χ1) is 11.9. The molecule has 128 valence electrons. The molecule has 0 aliphatic heterocycles. The molecule has 0 atom stereocenters. The maximum atomic E-state index is 13.6. The summed E-state index contributed by atoms with van der Waals surface area (Å²) in [7, 11) is 0. The largest absolute Gasteiger partial charge is 0.436 e. The van der Waals surface area contributed by atoms with Gasteiger partial charge in [0.25, 0.3) is 5.91 Å². The van der Waals surface area contributed by atoms with E-state index in [0.717, 1.165) is 23.7 Å². The molecular formula is C16H12F2N4O2S. The summed E-state index contributed by atoms with van der Waals surface area (Å²) in [6.07, 6.45) is 1.35. The quantitative estimate of drug-likeness (QED) is 0.738. The number of hydrogen-bond acceptors (Lipinski definition) is 6. The van der Waals surface area contributed by atoms with Crippen molar-refractivity contribution in [1.82, 2.24) is 9.36 Å². The summed E-state index contributed by atoms with van der Waals surface area (Å²) >= 11 is 1.05. The first-order valence-corrected chi connectivity index (χ1v) is 7.83. The molecule has 2 heterocycles. The van der Waals surface area contributed by atoms with Crippen LogP contribution in [0, 0.1) is 18.6 Å². The van der Waals surface area contributed by atoms with Gasteiger partial charge in [0, 0.05) is 12.1 Å². The Hall–Kier alpha value is -3.07. The number of carbonyl (C=O) groups is 1. The second-order valence-electron chi connectivity index (χ2n) is 5.02. The molecule has 0 spiro atoms. The van der Waals surface area contributed by atoms with E-state index >= 15 is 0 Å². The number of nitrogens with one attached hydrogen (secondary N) is 1. The Morgan fingerprint density at radius 1 is 1.28 bits per heavy atom. The summed E-state index contributed by atoms with van der Waals surface area (Å²) in [5.41, 5.74) is 6.99. The van der Waals surface area contributed by atoms with E-state index < -0.39 is 17.5 Å². The molecule has 3 rings (SSSR count). The van der Waals surface area contributed by atoms with Crippen molar-refractivity contribution in [3.8, 4) is 11.6 Å². The average molecular weight is 362 g/mol. The van der Waals surface area contributed by atoms with E-state index in [1.807, 2.05) is 0 Å². The molecule has 1 aromatic carbocycles. The first-order valence-electron chi connectivity index (χ1n) is 7.06. The van der Waals surface area contributed by atoms with Crippen LogP contribution in [0.25, 0.3) is 0 Å². The minimum absolute atomic E-state index is 0.0939. The third-order valence-corrected chi connectivity index (χ3v) is 3.98. The van der Waals surface area contributed by atoms with Gasteiger partial charge in [-0.3, -0.25) is 4.79 Å². The van der Waals surface area contributed by atoms with E-state index in [-0.39, 0.29) is 11.6 Å². The van der Waals surface area contributed by atoms with Crippen LogP contribution in [0.2, 0.25) is 0 Å². The monoisotopic (exact) mass is 362 g/mol. The van der Waals surface area contributed by atoms with Gasteiger partial charge >= 0.3 is 0 Å². The van der Waals surface area contributed by atoms with Crippen molar-refractivity contribution < 1.29 is 18.3 Å². The molecule has 1 amide bonds. The lowest BCUT2D eigenvalue weighted by Crippen LogP contribution is -2.14. The molecule has 6 nitrogen and oxygen atoms in total. The van der Waals surface area contributed by atoms with Gasteiger partial charge in [-0.05, 0) is 36.7 Å². The number of anilines is 2. The van der Waals surface area contributed by atoms with Crippen LogP contribution < -0.4 is 15.8 Å². The Labute approximate surface area is 145 Å². The molecule has 0 radical (unpaired) electrons. The molecule has 0 fully saturated rings. The van der Waals surface area contributed by atoms with Crippen molar-refractivity contribution >= 4 is 28.1 Å². The van der Waals surface area contributed by atoms with Gasteiger partial charge < -0.3 is 15.8 Å². The van der Waals surface area contributed by atoms with E-state index in [9.17, 15) is 13.6 Å². The Morgan fingerprint density at radius 2 is 2.08 bits per heavy atom. The molecule has 2 aromatic heterocycles. The maximum absolute atomic E-state index is 13.6. The summed E-state index contributed by atoms with van der Waals surface area (Å²) in [6.45, 7) is 1.69. The smallest absolute Gasteiger partial charge is 0.260 e. The molecule has 0 saturated carbocycles. The number of nitrogens with two attached hydrogens (primary N) is 1. The minimum atomic E-state index is -0.838. The zero-order valence-corrected chi connectivity index (χ0v) is 13.7. The average Bonchev–Trinajstić information content (AvgIpc) is 2.90. The fourth-order valence-electron chi connectivity index (χ4n) is 2.04. The molecule has 0 aliphatic rings. The number of nitrogen functional groups attached to an aromatic ring is 1. The van der Waals surface area contributed by atoms with E-state index in [1.165, 1.54) is 18.3 Å². The normalized spacial score (nSPS) is 10.5. The topological polar surface area (TPSA) is 90.1 Å². The number of amides is 1. The highest BCUT2D eigenvalue weighted by Gasteiger charge is 2.16. The Balaban J connectivity index is 1.71. The number of hydrogen-bond donors (Lipinski definition) is 2. The van der Waals surface area contributed by atoms with Gasteiger partial charge in [-0.1, -0.05) is 0 Å². The summed E-state index contributed by atoms with van der Waals surface area (Å²) in [5, 5.41) is 2.97. The zero-order valence-electron chi connectivity index (χ0n) is 12.9. The predicted octanol–water partition coefficient (Wildman–Crippen LogP) is 3.75. The number of halogens is 2. The third-order valence-electron chi connectivity index (χ3n) is 3.22. The van der Waals surface area contributed by atoms with Gasteiger partial charge in [0.2, 0.25) is 5.88 Å². The van der Waals surface area contributed by atoms with Gasteiger partial charge in [0.1, 0.15) is 10.8 Å². The summed E-state index contributed by atoms with van der Waals surface area (Å²) in [5.74, 6) is -2.00. The van der Waals surface area contributed by atoms with Crippen LogP contribution in [0.3, 0.4) is 0 Å². The Morgan fingerprint density at radius 3 is 2.68 bits per heavy atom. The maximum Gasteiger partial charge on any atom is 0.260 e. The number of ether oxygens (including phenoxy) is 1. The van der Waals surface area contributed by atoms with Crippen molar-refractivity contribution in [3.63, 3.8) is 0 Å². The van der Waals surface area contributed by atoms with Crippen LogP contribution in [0.4, 0.5) is 19.5 Å². The van der Waals surface area contributed by atoms with E-state index in [4.69, 9.17) is 10.5 Å². The fourth-order valence-corrected chi connectivity index (χ4v) is 2.70. The summed E-state index contributed by atoms with van der Waals surface area (Å²) < 4.78 is 35.7. The van der Waals surface area contributed by atoms with Crippen LogP contribution in [-0.2, 0) is 0 Å². The molecule has 0 unspecified atom stereocenters. The zero-order chi connectivity index (χ0) is 18.0. The Kier molecular flexibility index (Phi) is 4.57. The lowest BCUT2D eigenvalue weighted by Gasteiger charge is -2.08. The Bertz CT molecular complexity index is 909. The van der Waals surface area contributed by atoms with Crippen molar-refractivity contribution in [2.75, 3.05) is 11.1 Å². The van der Waals surface area contributed by atoms with Crippen LogP contribution in [0.1, 0.15) is 16.1 Å². The van der Waals surface area contributed by atoms with E-state index in [1.54, 1.807) is 6.92 Å². The molecule has 0 bridgehead atoms. The second kappa shape index (κ2) is 6.81. The molecule has 0 saturated heterocycles. The highest BCUT2D eigenvalue weighted by molar-refractivity contribution is 7.10. The van der Waals surface area contributed by atoms with Gasteiger partial charge in [0.15, 0.2) is 11.6 Å². The SMILES string of the molecule is Cc1nsc(N)c1C(=O)Nc1ccc(Oc2ccc(F)cc2F)nc1. The van der Waals surface area contributed by atoms with Crippen LogP contribution in [0.15, 0.2) is 36.5 Å². The van der Waals surface area contributed by atoms with Crippen LogP contribution >= 0.6 is 11.5 Å². The number of nitrogens with zero attached hydrogens (tertiary/aromatic N) is 2. The van der Waals surface area contributed by atoms with Crippen molar-refractivity contribution in [2.45, 2.75) is 6.92 Å². The van der Waals surface area contributed by atoms with E-state index in [2.05, 4.69) is 14.7 Å². The lowest BCUT2D eigenvalue weighted by molar-refractivity contribution is 0.102. The highest BCUT2D eigenvalue weighted by atomic mass is 32.1. The first kappa shape index (κ1) is 16.8. The molecule has 3 aromatic rings. The predicted molar refractivity (Wildman–Crippen MR) is 89.9 cm³/mol. The number of aromatic nitrogens is 2. The van der Waals surface area contributed by atoms with Gasteiger partial charge in [-0.25, -0.2) is 13.8 Å². The number of carbonyl (C=O) groups excluding carboxylic acids is 1. The second-order valence-corrected chi connectivity index (χ2v) is 5.83. The summed E-state index contributed by atoms with van der Waals surface area (Å²) in [4.78, 5) is 16.2.